The van der Waals surface area contributed by atoms with Crippen LogP contribution >= 0.6 is 0 Å². The molecule has 2 heterocycles. The number of piperazine rings is 1. The first kappa shape index (κ1) is 25.9. The Balaban J connectivity index is 0.000000280. The van der Waals surface area contributed by atoms with Crippen LogP contribution in [0, 0.1) is 17.8 Å². The predicted octanol–water partition coefficient (Wildman–Crippen LogP) is 5.60. The molecule has 0 aromatic rings. The first-order valence-corrected chi connectivity index (χ1v) is 12.4. The second-order valence-electron chi connectivity index (χ2n) is 10.7. The lowest BCUT2D eigenvalue weighted by Crippen LogP contribution is -2.49. The highest BCUT2D eigenvalue weighted by molar-refractivity contribution is 4.75. The molecule has 2 saturated heterocycles. The minimum Gasteiger partial charge on any atom is -0.301 e. The van der Waals surface area contributed by atoms with Gasteiger partial charge < -0.3 is 9.80 Å². The highest BCUT2D eigenvalue weighted by atomic mass is 15.3. The van der Waals surface area contributed by atoms with Gasteiger partial charge in [0.05, 0.1) is 0 Å². The Morgan fingerprint density at radius 3 is 1.50 bits per heavy atom. The van der Waals surface area contributed by atoms with Crippen molar-refractivity contribution in [2.75, 3.05) is 45.8 Å². The van der Waals surface area contributed by atoms with Crippen LogP contribution in [0.25, 0.3) is 0 Å². The van der Waals surface area contributed by atoms with Crippen LogP contribution in [0.2, 0.25) is 0 Å². The standard InChI is InChI=1S/C13H27N.C12H26N2/c2*1-11(2)5-6-13-7-9-14(10-8-13)12(3)4/h11-13H,5-10H2,1-4H3;11-12H,5-10H2,1-4H3. The SMILES string of the molecule is CC(C)CCC1CCN(C(C)C)CC1.CC(C)CCN1CCN(C(C)C)CC1. The Morgan fingerprint density at radius 2 is 1.07 bits per heavy atom. The van der Waals surface area contributed by atoms with Crippen LogP contribution in [0.4, 0.5) is 0 Å². The van der Waals surface area contributed by atoms with Crippen molar-refractivity contribution in [3.05, 3.63) is 0 Å². The minimum atomic E-state index is 0.724. The third-order valence-corrected chi connectivity index (χ3v) is 6.69. The fourth-order valence-electron chi connectivity index (χ4n) is 4.27. The molecular weight excluding hydrogens is 342 g/mol. The van der Waals surface area contributed by atoms with E-state index in [4.69, 9.17) is 0 Å². The van der Waals surface area contributed by atoms with Crippen molar-refractivity contribution in [3.8, 4) is 0 Å². The van der Waals surface area contributed by atoms with Crippen LogP contribution < -0.4 is 0 Å². The van der Waals surface area contributed by atoms with Gasteiger partial charge in [0.1, 0.15) is 0 Å². The van der Waals surface area contributed by atoms with E-state index in [1.165, 1.54) is 77.9 Å². The second-order valence-corrected chi connectivity index (χ2v) is 10.7. The Morgan fingerprint density at radius 1 is 0.607 bits per heavy atom. The Hall–Kier alpha value is -0.120. The zero-order chi connectivity index (χ0) is 21.1. The molecule has 3 nitrogen and oxygen atoms in total. The molecule has 0 aliphatic carbocycles. The lowest BCUT2D eigenvalue weighted by Gasteiger charge is -2.37. The lowest BCUT2D eigenvalue weighted by atomic mass is 9.89. The van der Waals surface area contributed by atoms with E-state index in [1.54, 1.807) is 0 Å². The summed E-state index contributed by atoms with van der Waals surface area (Å²) < 4.78 is 0. The predicted molar refractivity (Wildman–Crippen MR) is 126 cm³/mol. The van der Waals surface area contributed by atoms with Crippen molar-refractivity contribution >= 4 is 0 Å². The van der Waals surface area contributed by atoms with E-state index in [9.17, 15) is 0 Å². The van der Waals surface area contributed by atoms with Crippen LogP contribution in [-0.2, 0) is 0 Å². The van der Waals surface area contributed by atoms with Gasteiger partial charge in [-0.25, -0.2) is 0 Å². The Kier molecular flexibility index (Phi) is 12.9. The molecule has 0 unspecified atom stereocenters. The Bertz CT molecular complexity index is 326. The van der Waals surface area contributed by atoms with Gasteiger partial charge in [-0.15, -0.1) is 0 Å². The maximum Gasteiger partial charge on any atom is 0.0113 e. The molecule has 0 N–H and O–H groups in total. The molecule has 0 spiro atoms. The first-order chi connectivity index (χ1) is 13.2. The first-order valence-electron chi connectivity index (χ1n) is 12.4. The lowest BCUT2D eigenvalue weighted by molar-refractivity contribution is 0.105. The zero-order valence-electron chi connectivity index (χ0n) is 20.7. The summed E-state index contributed by atoms with van der Waals surface area (Å²) in [5.74, 6) is 2.75. The van der Waals surface area contributed by atoms with Gasteiger partial charge in [-0.05, 0) is 84.3 Å². The van der Waals surface area contributed by atoms with Gasteiger partial charge in [0.15, 0.2) is 0 Å². The summed E-state index contributed by atoms with van der Waals surface area (Å²) in [7, 11) is 0. The molecule has 168 valence electrons. The smallest absolute Gasteiger partial charge is 0.0113 e. The molecule has 3 heteroatoms. The van der Waals surface area contributed by atoms with Gasteiger partial charge in [-0.3, -0.25) is 4.90 Å². The summed E-state index contributed by atoms with van der Waals surface area (Å²) in [4.78, 5) is 7.80. The Labute approximate surface area is 178 Å². The quantitative estimate of drug-likeness (QED) is 0.529. The number of hydrogen-bond donors (Lipinski definition) is 0. The summed E-state index contributed by atoms with van der Waals surface area (Å²) in [5, 5.41) is 0. The third-order valence-electron chi connectivity index (χ3n) is 6.69. The largest absolute Gasteiger partial charge is 0.301 e. The molecule has 0 bridgehead atoms. The van der Waals surface area contributed by atoms with Gasteiger partial charge >= 0.3 is 0 Å². The molecule has 0 aromatic carbocycles. The zero-order valence-corrected chi connectivity index (χ0v) is 20.7. The van der Waals surface area contributed by atoms with E-state index >= 15 is 0 Å². The maximum absolute atomic E-state index is 2.62. The number of piperidine rings is 1. The van der Waals surface area contributed by atoms with Crippen molar-refractivity contribution in [1.29, 1.82) is 0 Å². The van der Waals surface area contributed by atoms with Crippen LogP contribution in [0.5, 0.6) is 0 Å². The van der Waals surface area contributed by atoms with E-state index in [0.29, 0.717) is 0 Å². The van der Waals surface area contributed by atoms with E-state index in [-0.39, 0.29) is 0 Å². The van der Waals surface area contributed by atoms with Gasteiger partial charge in [0, 0.05) is 38.3 Å². The molecule has 0 aromatic heterocycles. The molecule has 2 aliphatic heterocycles. The van der Waals surface area contributed by atoms with Crippen molar-refractivity contribution in [3.63, 3.8) is 0 Å². The highest BCUT2D eigenvalue weighted by Crippen LogP contribution is 2.24. The molecule has 28 heavy (non-hydrogen) atoms. The number of rotatable bonds is 8. The van der Waals surface area contributed by atoms with E-state index in [1.807, 2.05) is 0 Å². The molecule has 2 fully saturated rings. The summed E-state index contributed by atoms with van der Waals surface area (Å²) in [5.41, 5.74) is 0. The van der Waals surface area contributed by atoms with Crippen molar-refractivity contribution in [2.24, 2.45) is 17.8 Å². The van der Waals surface area contributed by atoms with Crippen LogP contribution in [0.3, 0.4) is 0 Å². The number of hydrogen-bond acceptors (Lipinski definition) is 3. The normalized spacial score (nSPS) is 21.0. The summed E-state index contributed by atoms with van der Waals surface area (Å²) in [6.45, 7) is 27.5. The molecule has 2 rings (SSSR count). The van der Waals surface area contributed by atoms with Crippen LogP contribution in [0.15, 0.2) is 0 Å². The van der Waals surface area contributed by atoms with E-state index in [2.05, 4.69) is 70.1 Å². The van der Waals surface area contributed by atoms with E-state index in [0.717, 1.165) is 29.8 Å². The summed E-state index contributed by atoms with van der Waals surface area (Å²) in [6, 6.07) is 1.48. The van der Waals surface area contributed by atoms with Crippen molar-refractivity contribution < 1.29 is 0 Å². The molecule has 0 saturated carbocycles. The number of nitrogens with zero attached hydrogens (tertiary/aromatic N) is 3. The molecule has 2 aliphatic rings. The molecular formula is C25H53N3. The second kappa shape index (κ2) is 14.0. The fourth-order valence-corrected chi connectivity index (χ4v) is 4.27. The van der Waals surface area contributed by atoms with Crippen molar-refractivity contribution in [1.82, 2.24) is 14.7 Å². The van der Waals surface area contributed by atoms with Gasteiger partial charge in [-0.2, -0.15) is 0 Å². The summed E-state index contributed by atoms with van der Waals surface area (Å²) >= 11 is 0. The number of likely N-dealkylation sites (tertiary alicyclic amines) is 1. The highest BCUT2D eigenvalue weighted by Gasteiger charge is 2.20. The average molecular weight is 396 g/mol. The molecule has 0 amide bonds. The minimum absolute atomic E-state index is 0.724. The third kappa shape index (κ3) is 11.2. The topological polar surface area (TPSA) is 9.72 Å². The van der Waals surface area contributed by atoms with Crippen LogP contribution in [0.1, 0.15) is 87.5 Å². The maximum atomic E-state index is 2.62. The molecule has 0 atom stereocenters. The molecule has 0 radical (unpaired) electrons. The van der Waals surface area contributed by atoms with E-state index < -0.39 is 0 Å². The van der Waals surface area contributed by atoms with Gasteiger partial charge in [0.2, 0.25) is 0 Å². The van der Waals surface area contributed by atoms with Gasteiger partial charge in [-0.1, -0.05) is 40.5 Å². The van der Waals surface area contributed by atoms with Crippen LogP contribution in [-0.4, -0.2) is 72.6 Å². The van der Waals surface area contributed by atoms with Crippen molar-refractivity contribution in [2.45, 2.75) is 99.6 Å². The summed E-state index contributed by atoms with van der Waals surface area (Å²) in [6.07, 6.45) is 7.10. The van der Waals surface area contributed by atoms with Gasteiger partial charge in [0.25, 0.3) is 0 Å². The average Bonchev–Trinajstić information content (AvgIpc) is 2.65. The fraction of sp³-hybridized carbons (Fsp3) is 1.00. The monoisotopic (exact) mass is 395 g/mol.